The summed E-state index contributed by atoms with van der Waals surface area (Å²) in [5.74, 6) is -0.0706. The Morgan fingerprint density at radius 1 is 1.22 bits per heavy atom. The van der Waals surface area contributed by atoms with E-state index in [-0.39, 0.29) is 5.91 Å². The number of fused-ring (bicyclic) bond motifs is 1. The molecule has 23 heavy (non-hydrogen) atoms. The zero-order valence-corrected chi connectivity index (χ0v) is 13.2. The number of aromatic amines is 1. The third kappa shape index (κ3) is 2.96. The van der Waals surface area contributed by atoms with Gasteiger partial charge in [0.05, 0.1) is 24.1 Å². The van der Waals surface area contributed by atoms with Crippen molar-refractivity contribution in [1.82, 2.24) is 15.1 Å². The van der Waals surface area contributed by atoms with Crippen LogP contribution < -0.4 is 0 Å². The van der Waals surface area contributed by atoms with E-state index in [2.05, 4.69) is 28.4 Å². The molecule has 0 saturated heterocycles. The minimum atomic E-state index is -0.0706. The lowest BCUT2D eigenvalue weighted by atomic mass is 10.00. The number of hydrogen-bond donors (Lipinski definition) is 1. The standard InChI is InChI=1S/C18H19N3O2/c1-21(10-11-23-2)18(22)16-12-19-20-17(16)15-9-5-7-13-6-3-4-8-14(13)15/h3-9,12H,10-11H2,1-2H3,(H,19,20). The van der Waals surface area contributed by atoms with Gasteiger partial charge in [-0.05, 0) is 10.8 Å². The van der Waals surface area contributed by atoms with Gasteiger partial charge in [-0.1, -0.05) is 42.5 Å². The van der Waals surface area contributed by atoms with Gasteiger partial charge in [0, 0.05) is 26.3 Å². The van der Waals surface area contributed by atoms with E-state index < -0.39 is 0 Å². The van der Waals surface area contributed by atoms with Gasteiger partial charge in [0.1, 0.15) is 0 Å². The number of aromatic nitrogens is 2. The normalized spacial score (nSPS) is 10.9. The van der Waals surface area contributed by atoms with Crippen LogP contribution in [0.1, 0.15) is 10.4 Å². The van der Waals surface area contributed by atoms with E-state index in [1.54, 1.807) is 25.3 Å². The molecule has 0 aliphatic carbocycles. The van der Waals surface area contributed by atoms with Gasteiger partial charge in [-0.25, -0.2) is 0 Å². The summed E-state index contributed by atoms with van der Waals surface area (Å²) in [5, 5.41) is 9.28. The van der Waals surface area contributed by atoms with Crippen molar-refractivity contribution in [2.24, 2.45) is 0 Å². The molecule has 118 valence electrons. The van der Waals surface area contributed by atoms with Crippen LogP contribution in [0.25, 0.3) is 22.0 Å². The summed E-state index contributed by atoms with van der Waals surface area (Å²) >= 11 is 0. The maximum atomic E-state index is 12.7. The first kappa shape index (κ1) is 15.2. The van der Waals surface area contributed by atoms with Crippen LogP contribution in [0.2, 0.25) is 0 Å². The van der Waals surface area contributed by atoms with E-state index in [0.717, 1.165) is 22.0 Å². The Balaban J connectivity index is 2.02. The topological polar surface area (TPSA) is 58.2 Å². The first-order valence-electron chi connectivity index (χ1n) is 7.48. The lowest BCUT2D eigenvalue weighted by molar-refractivity contribution is 0.0745. The third-order valence-electron chi connectivity index (χ3n) is 3.91. The van der Waals surface area contributed by atoms with Crippen molar-refractivity contribution in [2.75, 3.05) is 27.3 Å². The van der Waals surface area contributed by atoms with Gasteiger partial charge in [-0.15, -0.1) is 0 Å². The number of rotatable bonds is 5. The molecule has 1 N–H and O–H groups in total. The molecular formula is C18H19N3O2. The van der Waals surface area contributed by atoms with E-state index in [1.165, 1.54) is 0 Å². The van der Waals surface area contributed by atoms with Gasteiger partial charge in [-0.2, -0.15) is 5.10 Å². The van der Waals surface area contributed by atoms with Gasteiger partial charge in [-0.3, -0.25) is 9.89 Å². The van der Waals surface area contributed by atoms with Crippen molar-refractivity contribution >= 4 is 16.7 Å². The number of carbonyl (C=O) groups is 1. The summed E-state index contributed by atoms with van der Waals surface area (Å²) in [6, 6.07) is 14.2. The fourth-order valence-electron chi connectivity index (χ4n) is 2.63. The molecule has 5 heteroatoms. The molecule has 1 heterocycles. The highest BCUT2D eigenvalue weighted by Gasteiger charge is 2.19. The van der Waals surface area contributed by atoms with Crippen LogP contribution in [0.4, 0.5) is 0 Å². The second-order valence-electron chi connectivity index (χ2n) is 5.40. The number of carbonyl (C=O) groups excluding carboxylic acids is 1. The Bertz CT molecular complexity index is 821. The van der Waals surface area contributed by atoms with Crippen molar-refractivity contribution < 1.29 is 9.53 Å². The average Bonchev–Trinajstić information content (AvgIpc) is 3.07. The molecule has 0 bridgehead atoms. The number of amides is 1. The highest BCUT2D eigenvalue weighted by Crippen LogP contribution is 2.29. The zero-order chi connectivity index (χ0) is 16.2. The molecule has 5 nitrogen and oxygen atoms in total. The molecule has 0 spiro atoms. The highest BCUT2D eigenvalue weighted by atomic mass is 16.5. The molecule has 0 aliphatic rings. The first-order valence-corrected chi connectivity index (χ1v) is 7.48. The SMILES string of the molecule is COCCN(C)C(=O)c1cn[nH]c1-c1cccc2ccccc12. The van der Waals surface area contributed by atoms with Crippen LogP contribution in [-0.4, -0.2) is 48.3 Å². The largest absolute Gasteiger partial charge is 0.383 e. The van der Waals surface area contributed by atoms with E-state index in [4.69, 9.17) is 4.74 Å². The summed E-state index contributed by atoms with van der Waals surface area (Å²) in [6.45, 7) is 1.04. The van der Waals surface area contributed by atoms with Crippen LogP contribution in [-0.2, 0) is 4.74 Å². The van der Waals surface area contributed by atoms with Gasteiger partial charge < -0.3 is 9.64 Å². The molecule has 1 aromatic heterocycles. The molecule has 3 aromatic rings. The van der Waals surface area contributed by atoms with Gasteiger partial charge in [0.15, 0.2) is 0 Å². The molecule has 3 rings (SSSR count). The predicted octanol–water partition coefficient (Wildman–Crippen LogP) is 2.95. The van der Waals surface area contributed by atoms with Crippen LogP contribution in [0.15, 0.2) is 48.7 Å². The molecule has 0 radical (unpaired) electrons. The maximum Gasteiger partial charge on any atom is 0.257 e. The van der Waals surface area contributed by atoms with E-state index >= 15 is 0 Å². The Morgan fingerprint density at radius 2 is 2.00 bits per heavy atom. The summed E-state index contributed by atoms with van der Waals surface area (Å²) in [6.07, 6.45) is 1.59. The van der Waals surface area contributed by atoms with Gasteiger partial charge in [0.2, 0.25) is 0 Å². The number of nitrogens with zero attached hydrogens (tertiary/aromatic N) is 2. The summed E-state index contributed by atoms with van der Waals surface area (Å²) < 4.78 is 5.04. The lowest BCUT2D eigenvalue weighted by Gasteiger charge is -2.16. The molecule has 2 aromatic carbocycles. The van der Waals surface area contributed by atoms with E-state index in [1.807, 2.05) is 24.3 Å². The van der Waals surface area contributed by atoms with Gasteiger partial charge >= 0.3 is 0 Å². The molecule has 0 atom stereocenters. The zero-order valence-electron chi connectivity index (χ0n) is 13.2. The Morgan fingerprint density at radius 3 is 2.83 bits per heavy atom. The second kappa shape index (κ2) is 6.62. The second-order valence-corrected chi connectivity index (χ2v) is 5.40. The van der Waals surface area contributed by atoms with E-state index in [9.17, 15) is 4.79 Å². The quantitative estimate of drug-likeness (QED) is 0.788. The molecule has 0 fully saturated rings. The summed E-state index contributed by atoms with van der Waals surface area (Å²) in [7, 11) is 3.39. The molecule has 0 saturated carbocycles. The smallest absolute Gasteiger partial charge is 0.257 e. The van der Waals surface area contributed by atoms with Crippen LogP contribution in [0.5, 0.6) is 0 Å². The minimum Gasteiger partial charge on any atom is -0.383 e. The highest BCUT2D eigenvalue weighted by molar-refractivity contribution is 6.04. The summed E-state index contributed by atoms with van der Waals surface area (Å²) in [5.41, 5.74) is 2.29. The Kier molecular flexibility index (Phi) is 4.39. The monoisotopic (exact) mass is 309 g/mol. The third-order valence-corrected chi connectivity index (χ3v) is 3.91. The Labute approximate surface area is 134 Å². The van der Waals surface area contributed by atoms with Gasteiger partial charge in [0.25, 0.3) is 5.91 Å². The molecule has 0 aliphatic heterocycles. The number of nitrogens with one attached hydrogen (secondary N) is 1. The van der Waals surface area contributed by atoms with Crippen molar-refractivity contribution in [1.29, 1.82) is 0 Å². The first-order chi connectivity index (χ1) is 11.2. The number of benzene rings is 2. The summed E-state index contributed by atoms with van der Waals surface area (Å²) in [4.78, 5) is 14.3. The van der Waals surface area contributed by atoms with Crippen LogP contribution in [0, 0.1) is 0 Å². The fourth-order valence-corrected chi connectivity index (χ4v) is 2.63. The predicted molar refractivity (Wildman–Crippen MR) is 90.4 cm³/mol. The van der Waals surface area contributed by atoms with Crippen molar-refractivity contribution in [3.05, 3.63) is 54.2 Å². The van der Waals surface area contributed by atoms with Crippen molar-refractivity contribution in [3.63, 3.8) is 0 Å². The van der Waals surface area contributed by atoms with E-state index in [0.29, 0.717) is 18.7 Å². The maximum absolute atomic E-state index is 12.7. The molecule has 0 unspecified atom stereocenters. The van der Waals surface area contributed by atoms with Crippen LogP contribution in [0.3, 0.4) is 0 Å². The number of likely N-dealkylation sites (N-methyl/N-ethyl adjacent to an activating group) is 1. The van der Waals surface area contributed by atoms with Crippen molar-refractivity contribution in [2.45, 2.75) is 0 Å². The average molecular weight is 309 g/mol. The number of H-pyrrole nitrogens is 1. The number of methoxy groups -OCH3 is 1. The minimum absolute atomic E-state index is 0.0706. The molecule has 1 amide bonds. The Hall–Kier alpha value is -2.66. The fraction of sp³-hybridized carbons (Fsp3) is 0.222. The van der Waals surface area contributed by atoms with Crippen LogP contribution >= 0.6 is 0 Å². The molecular weight excluding hydrogens is 290 g/mol. The lowest BCUT2D eigenvalue weighted by Crippen LogP contribution is -2.30. The van der Waals surface area contributed by atoms with Crippen molar-refractivity contribution in [3.8, 4) is 11.3 Å². The number of hydrogen-bond acceptors (Lipinski definition) is 3. The number of ether oxygens (including phenoxy) is 1.